The van der Waals surface area contributed by atoms with Gasteiger partial charge in [0.1, 0.15) is 35.7 Å². The molecule has 0 spiro atoms. The molecule has 28 nitrogen and oxygen atoms in total. The maximum atomic E-state index is 13.5. The lowest BCUT2D eigenvalue weighted by atomic mass is 10.0. The average Bonchev–Trinajstić information content (AvgIpc) is 1.64. The van der Waals surface area contributed by atoms with Crippen LogP contribution < -0.4 is 46.1 Å². The zero-order chi connectivity index (χ0) is 90.3. The van der Waals surface area contributed by atoms with Gasteiger partial charge < -0.3 is 59.9 Å². The van der Waals surface area contributed by atoms with Crippen LogP contribution in [0.2, 0.25) is 0 Å². The molecule has 6 aromatic carbocycles. The molecule has 15 rings (SSSR count). The van der Waals surface area contributed by atoms with Crippen molar-refractivity contribution in [3.05, 3.63) is 212 Å². The Morgan fingerprint density at radius 1 is 0.433 bits per heavy atom. The number of anilines is 9. The molecule has 0 aliphatic carbocycles. The fourth-order valence-electron chi connectivity index (χ4n) is 14.4. The lowest BCUT2D eigenvalue weighted by molar-refractivity contribution is -0.140. The normalized spacial score (nSPS) is 15.0. The van der Waals surface area contributed by atoms with Crippen molar-refractivity contribution in [1.29, 1.82) is 0 Å². The predicted molar refractivity (Wildman–Crippen MR) is 471 cm³/mol. The first-order chi connectivity index (χ1) is 60.4. The van der Waals surface area contributed by atoms with Gasteiger partial charge in [0.05, 0.1) is 85.2 Å². The van der Waals surface area contributed by atoms with E-state index >= 15 is 0 Å². The molecule has 0 radical (unpaired) electrons. The highest BCUT2D eigenvalue weighted by Gasteiger charge is 2.34. The highest BCUT2D eigenvalue weighted by molar-refractivity contribution is 7.93. The Kier molecular flexibility index (Phi) is 28.9. The topological polar surface area (TPSA) is 344 Å². The summed E-state index contributed by atoms with van der Waals surface area (Å²) in [5, 5.41) is 25.0. The lowest BCUT2D eigenvalue weighted by Gasteiger charge is -2.30. The van der Waals surface area contributed by atoms with E-state index in [1.807, 2.05) is 12.1 Å². The summed E-state index contributed by atoms with van der Waals surface area (Å²) in [6.07, 6.45) is -1.70. The van der Waals surface area contributed by atoms with Crippen LogP contribution >= 0.6 is 0 Å². The van der Waals surface area contributed by atoms with Crippen LogP contribution in [-0.4, -0.2) is 190 Å². The first kappa shape index (κ1) is 92.0. The molecule has 0 unspecified atom stereocenters. The number of hydrogen-bond donors (Lipinski definition) is 9. The fourth-order valence-corrected chi connectivity index (χ4v) is 18.9. The Labute approximate surface area is 727 Å². The van der Waals surface area contributed by atoms with E-state index in [1.54, 1.807) is 97.9 Å². The summed E-state index contributed by atoms with van der Waals surface area (Å²) in [6.45, 7) is 2.33. The number of fused-ring (bicyclic) bond motifs is 3. The first-order valence-electron chi connectivity index (χ1n) is 39.9. The van der Waals surface area contributed by atoms with Crippen LogP contribution in [0.5, 0.6) is 0 Å². The number of alkyl halides is 9. The van der Waals surface area contributed by atoms with Gasteiger partial charge in [-0.1, -0.05) is 41.1 Å². The van der Waals surface area contributed by atoms with Crippen LogP contribution in [0.15, 0.2) is 208 Å². The van der Waals surface area contributed by atoms with Crippen molar-refractivity contribution in [2.24, 2.45) is 0 Å². The Morgan fingerprint density at radius 2 is 0.787 bits per heavy atom. The Morgan fingerprint density at radius 3 is 1.14 bits per heavy atom. The van der Waals surface area contributed by atoms with Gasteiger partial charge in [0.2, 0.25) is 5.95 Å². The SMILES string of the molecule is CN1CCC(Nc2cccc3c2cc(C#CCNc2ccc(S(=O)(=O)Nc4ccon4)cc2)n3CC(F)(F)F)CC1.Cc1nccnc1NS(=O)(=O)c1ccc(NCC#Cc2cc3c(NC4CCN(C)CC4)cccc3n2CC(F)(F)F)cc1.O=S1(=O)CCC(Nc2cccc3c2cc(C#CCNc2ccc(S(=O)(=O)Nc4ncccn4)cc2)n3CC(F)(F)F)CC1. The van der Waals surface area contributed by atoms with Crippen LogP contribution in [0.4, 0.5) is 91.2 Å². The monoisotopic (exact) mass is 1830 g/mol. The number of nitrogens with one attached hydrogen (secondary N) is 9. The van der Waals surface area contributed by atoms with E-state index in [2.05, 4.69) is 135 Å². The zero-order valence-electron chi connectivity index (χ0n) is 68.5. The number of sulfone groups is 1. The molecular formula is C86H88F9N19O9S4. The molecule has 0 amide bonds. The van der Waals surface area contributed by atoms with Gasteiger partial charge in [0.25, 0.3) is 30.1 Å². The van der Waals surface area contributed by atoms with Crippen LogP contribution in [0.1, 0.15) is 61.3 Å². The summed E-state index contributed by atoms with van der Waals surface area (Å²) in [7, 11) is -10.5. The number of piperidine rings is 2. The number of aryl methyl sites for hydroxylation is 1. The number of sulfonamides is 3. The van der Waals surface area contributed by atoms with Crippen molar-refractivity contribution in [1.82, 2.24) is 48.6 Å². The molecule has 41 heteroatoms. The maximum Gasteiger partial charge on any atom is 0.406 e. The third kappa shape index (κ3) is 25.6. The number of benzene rings is 6. The smallest absolute Gasteiger partial charge is 0.382 e. The highest BCUT2D eigenvalue weighted by atomic mass is 32.2. The fraction of sp³-hybridized carbons (Fsp3) is 0.314. The molecule has 3 saturated heterocycles. The van der Waals surface area contributed by atoms with Gasteiger partial charge in [0.15, 0.2) is 11.6 Å². The second-order valence-electron chi connectivity index (χ2n) is 30.2. The minimum absolute atomic E-state index is 0.00693. The van der Waals surface area contributed by atoms with Gasteiger partial charge in [-0.2, -0.15) is 39.5 Å². The molecule has 3 aliphatic heterocycles. The standard InChI is InChI=1S/C30H32F3N7O2S.C28H27F3N6O4S2.C28H29F3N6O3S/c1-21-29(36-16-15-34-21)38-43(41,42)25-10-8-22(9-11-25)35-14-4-5-24-19-26-27(37-23-12-17-39(2)18-13-23)6-3-7-28(26)40(24)20-30(31,32)33;29-28(30,31)19-37-22(18-24-25(5-1-6-26(24)37)35-21-11-16-42(38,39)17-12-21)4-2-13-32-20-7-9-23(10-8-20)43(40,41)36-27-33-14-3-15-34-27;1-36-15-11-21(12-16-36)33-25-5-2-6-26-24(25)18-22(37(26)19-28(29,30)31)4-3-14-32-20-7-9-23(10-8-20)41(38,39)35-27-13-17-40-34-27/h3,6-11,15-16,19,23,35,37H,12-14,17-18,20H2,1-2H3,(H,36,38);1,3,5-10,14-15,18,21,32,35H,11-13,16-17,19H2,(H,33,34,36);2,5-10,13,17-18,21,32-33H,11-12,14-16,19H2,1H3,(H,34,35). The number of hydrogen-bond acceptors (Lipinski definition) is 22. The van der Waals surface area contributed by atoms with Crippen LogP contribution in [-0.2, 0) is 59.5 Å². The molecule has 9 N–H and O–H groups in total. The van der Waals surface area contributed by atoms with E-state index in [1.165, 1.54) is 94.8 Å². The number of halogens is 9. The molecule has 9 heterocycles. The van der Waals surface area contributed by atoms with Crippen LogP contribution in [0.3, 0.4) is 0 Å². The highest BCUT2D eigenvalue weighted by Crippen LogP contribution is 2.36. The van der Waals surface area contributed by atoms with Gasteiger partial charge in [0, 0.05) is 99.3 Å². The Bertz CT molecular complexity index is 6520. The van der Waals surface area contributed by atoms with Crippen molar-refractivity contribution < 1.29 is 77.7 Å². The molecule has 0 saturated carbocycles. The quantitative estimate of drug-likeness (QED) is 0.0200. The average molecular weight is 1830 g/mol. The summed E-state index contributed by atoms with van der Waals surface area (Å²) < 4.78 is 236. The van der Waals surface area contributed by atoms with Crippen LogP contribution in [0.25, 0.3) is 32.7 Å². The van der Waals surface area contributed by atoms with E-state index < -0.39 is 78.1 Å². The third-order valence-electron chi connectivity index (χ3n) is 20.8. The van der Waals surface area contributed by atoms with E-state index in [9.17, 15) is 73.2 Å². The molecule has 0 bridgehead atoms. The van der Waals surface area contributed by atoms with Crippen molar-refractivity contribution in [2.75, 3.05) is 117 Å². The second kappa shape index (κ2) is 39.9. The molecule has 0 atom stereocenters. The molecule has 3 fully saturated rings. The number of rotatable bonds is 24. The summed E-state index contributed by atoms with van der Waals surface area (Å²) in [4.78, 5) is 20.3. The Hall–Kier alpha value is -12.7. The van der Waals surface area contributed by atoms with E-state index in [4.69, 9.17) is 0 Å². The molecule has 6 aromatic heterocycles. The predicted octanol–water partition coefficient (Wildman–Crippen LogP) is 14.3. The Balaban J connectivity index is 0.000000163. The van der Waals surface area contributed by atoms with Gasteiger partial charge in [-0.05, 0) is 237 Å². The zero-order valence-corrected chi connectivity index (χ0v) is 71.8. The summed E-state index contributed by atoms with van der Waals surface area (Å²) in [5.74, 6) is 17.5. The largest absolute Gasteiger partial charge is 0.406 e. The van der Waals surface area contributed by atoms with Crippen molar-refractivity contribution in [2.45, 2.75) is 116 Å². The molecule has 127 heavy (non-hydrogen) atoms. The summed E-state index contributed by atoms with van der Waals surface area (Å²) in [5.41, 5.74) is 6.40. The van der Waals surface area contributed by atoms with Gasteiger partial charge >= 0.3 is 18.5 Å². The van der Waals surface area contributed by atoms with E-state index in [-0.39, 0.29) is 98.6 Å². The molecule has 12 aromatic rings. The van der Waals surface area contributed by atoms with Gasteiger partial charge in [-0.15, -0.1) is 0 Å². The second-order valence-corrected chi connectivity index (χ2v) is 37.6. The van der Waals surface area contributed by atoms with Gasteiger partial charge in [-0.3, -0.25) is 14.4 Å². The van der Waals surface area contributed by atoms with Crippen molar-refractivity contribution in [3.63, 3.8) is 0 Å². The molecular weight excluding hydrogens is 1740 g/mol. The van der Waals surface area contributed by atoms with Gasteiger partial charge in [-0.25, -0.2) is 53.3 Å². The number of nitrogens with zero attached hydrogens (tertiary/aromatic N) is 10. The third-order valence-corrected chi connectivity index (χ3v) is 26.6. The lowest BCUT2D eigenvalue weighted by Crippen LogP contribution is -2.36. The first-order valence-corrected chi connectivity index (χ1v) is 46.2. The molecule has 668 valence electrons. The van der Waals surface area contributed by atoms with Crippen molar-refractivity contribution >= 4 is 124 Å². The van der Waals surface area contributed by atoms with Crippen LogP contribution in [0, 0.1) is 42.4 Å². The maximum absolute atomic E-state index is 13.5. The number of likely N-dealkylation sites (tertiary alicyclic amines) is 2. The van der Waals surface area contributed by atoms with E-state index in [0.29, 0.717) is 74.0 Å². The summed E-state index contributed by atoms with van der Waals surface area (Å²) in [6, 6.07) is 41.9. The number of aromatic nitrogens is 8. The molecule has 3 aliphatic rings. The van der Waals surface area contributed by atoms with Crippen molar-refractivity contribution in [3.8, 4) is 35.5 Å². The van der Waals surface area contributed by atoms with E-state index in [0.717, 1.165) is 67.8 Å². The summed E-state index contributed by atoms with van der Waals surface area (Å²) >= 11 is 0. The minimum atomic E-state index is -4.48. The minimum Gasteiger partial charge on any atom is -0.382 e.